The zero-order valence-electron chi connectivity index (χ0n) is 21.4. The highest BCUT2D eigenvalue weighted by Gasteiger charge is 2.48. The molecule has 3 aromatic rings. The number of hydrogen-bond acceptors (Lipinski definition) is 5. The molecule has 2 atom stereocenters. The van der Waals surface area contributed by atoms with Crippen molar-refractivity contribution in [3.05, 3.63) is 68.6 Å². The van der Waals surface area contributed by atoms with E-state index in [1.54, 1.807) is 42.9 Å². The van der Waals surface area contributed by atoms with E-state index in [0.29, 0.717) is 35.8 Å². The fourth-order valence-corrected chi connectivity index (χ4v) is 5.86. The summed E-state index contributed by atoms with van der Waals surface area (Å²) in [6.45, 7) is 6.97. The molecule has 0 bridgehead atoms. The smallest absolute Gasteiger partial charge is 0.274 e. The normalized spacial score (nSPS) is 21.7. The molecule has 0 aromatic carbocycles. The molecule has 2 aliphatic rings. The maximum Gasteiger partial charge on any atom is 0.274 e. The van der Waals surface area contributed by atoms with Crippen LogP contribution in [0.1, 0.15) is 74.5 Å². The van der Waals surface area contributed by atoms with Crippen LogP contribution < -0.4 is 5.56 Å². The highest BCUT2D eigenvalue weighted by molar-refractivity contribution is 6.31. The molecule has 0 saturated heterocycles. The van der Waals surface area contributed by atoms with E-state index in [1.807, 2.05) is 19.9 Å². The van der Waals surface area contributed by atoms with Crippen molar-refractivity contribution < 1.29 is 13.9 Å². The standard InChI is InChI=1S/C28H31ClF2N4O2/c1-15-14-33-22(21-7-10-32-26(34-21)27(3,4)37)13-23(15)35-16(2)11-20(24(29)25(35)36)19-12-18(19)17-5-8-28(30,31)9-6-17/h7,10-11,13-14,17-19,37H,5-6,8-9,12H2,1-4H3/t18?,19-/m1/s1. The van der Waals surface area contributed by atoms with Gasteiger partial charge in [0.1, 0.15) is 10.6 Å². The van der Waals surface area contributed by atoms with E-state index in [4.69, 9.17) is 11.6 Å². The molecule has 0 amide bonds. The van der Waals surface area contributed by atoms with Crippen LogP contribution in [0.25, 0.3) is 17.1 Å². The molecule has 0 spiro atoms. The molecule has 0 aliphatic heterocycles. The first-order chi connectivity index (χ1) is 17.4. The van der Waals surface area contributed by atoms with E-state index < -0.39 is 11.5 Å². The minimum Gasteiger partial charge on any atom is -0.382 e. The lowest BCUT2D eigenvalue weighted by Crippen LogP contribution is -2.26. The van der Waals surface area contributed by atoms with Gasteiger partial charge in [0.2, 0.25) is 5.92 Å². The molecule has 5 rings (SSSR count). The third-order valence-corrected chi connectivity index (χ3v) is 8.13. The highest BCUT2D eigenvalue weighted by Crippen LogP contribution is 2.57. The van der Waals surface area contributed by atoms with E-state index in [-0.39, 0.29) is 41.1 Å². The van der Waals surface area contributed by atoms with Crippen molar-refractivity contribution in [3.8, 4) is 17.1 Å². The van der Waals surface area contributed by atoms with E-state index in [1.165, 1.54) is 0 Å². The first-order valence-electron chi connectivity index (χ1n) is 12.7. The van der Waals surface area contributed by atoms with E-state index in [2.05, 4.69) is 15.0 Å². The van der Waals surface area contributed by atoms with Gasteiger partial charge in [-0.3, -0.25) is 14.3 Å². The Kier molecular flexibility index (Phi) is 6.47. The largest absolute Gasteiger partial charge is 0.382 e. The van der Waals surface area contributed by atoms with Gasteiger partial charge in [0, 0.05) is 30.9 Å². The number of hydrogen-bond donors (Lipinski definition) is 1. The quantitative estimate of drug-likeness (QED) is 0.431. The Morgan fingerprint density at radius 3 is 2.51 bits per heavy atom. The Balaban J connectivity index is 1.47. The summed E-state index contributed by atoms with van der Waals surface area (Å²) in [6, 6.07) is 5.46. The summed E-state index contributed by atoms with van der Waals surface area (Å²) in [7, 11) is 0. The zero-order valence-corrected chi connectivity index (χ0v) is 22.2. The number of pyridine rings is 2. The number of halogens is 3. The second kappa shape index (κ2) is 9.24. The van der Waals surface area contributed by atoms with Crippen LogP contribution in [-0.4, -0.2) is 30.5 Å². The van der Waals surface area contributed by atoms with Crippen LogP contribution in [0.15, 0.2) is 35.4 Å². The van der Waals surface area contributed by atoms with Gasteiger partial charge in [0.15, 0.2) is 5.82 Å². The van der Waals surface area contributed by atoms with Crippen molar-refractivity contribution in [1.29, 1.82) is 0 Å². The molecule has 9 heteroatoms. The van der Waals surface area contributed by atoms with Gasteiger partial charge in [-0.05, 0) is 94.0 Å². The van der Waals surface area contributed by atoms with Gasteiger partial charge in [0.25, 0.3) is 5.56 Å². The van der Waals surface area contributed by atoms with Gasteiger partial charge in [0.05, 0.1) is 17.1 Å². The molecule has 3 heterocycles. The van der Waals surface area contributed by atoms with Crippen LogP contribution in [0.2, 0.25) is 5.02 Å². The monoisotopic (exact) mass is 528 g/mol. The molecule has 37 heavy (non-hydrogen) atoms. The predicted octanol–water partition coefficient (Wildman–Crippen LogP) is 6.12. The zero-order chi connectivity index (χ0) is 26.7. The lowest BCUT2D eigenvalue weighted by Gasteiger charge is -2.28. The molecule has 2 saturated carbocycles. The van der Waals surface area contributed by atoms with E-state index in [0.717, 1.165) is 23.2 Å². The van der Waals surface area contributed by atoms with Crippen LogP contribution in [0.3, 0.4) is 0 Å². The summed E-state index contributed by atoms with van der Waals surface area (Å²) in [4.78, 5) is 26.7. The summed E-state index contributed by atoms with van der Waals surface area (Å²) in [5.74, 6) is -1.57. The Bertz CT molecular complexity index is 1410. The number of aryl methyl sites for hydroxylation is 2. The van der Waals surface area contributed by atoms with Crippen LogP contribution in [-0.2, 0) is 5.60 Å². The summed E-state index contributed by atoms with van der Waals surface area (Å²) < 4.78 is 28.8. The lowest BCUT2D eigenvalue weighted by atomic mass is 9.82. The number of rotatable bonds is 5. The average Bonchev–Trinajstić information content (AvgIpc) is 3.63. The third-order valence-electron chi connectivity index (χ3n) is 7.75. The summed E-state index contributed by atoms with van der Waals surface area (Å²) in [5.41, 5.74) is 2.55. The highest BCUT2D eigenvalue weighted by atomic mass is 35.5. The molecule has 6 nitrogen and oxygen atoms in total. The van der Waals surface area contributed by atoms with Crippen LogP contribution >= 0.6 is 11.6 Å². The first kappa shape index (κ1) is 25.9. The predicted molar refractivity (Wildman–Crippen MR) is 138 cm³/mol. The summed E-state index contributed by atoms with van der Waals surface area (Å²) in [5, 5.41) is 10.5. The molecule has 1 N–H and O–H groups in total. The topological polar surface area (TPSA) is 80.9 Å². The second-order valence-corrected chi connectivity index (χ2v) is 11.5. The maximum atomic E-state index is 13.6. The lowest BCUT2D eigenvalue weighted by molar-refractivity contribution is -0.0481. The van der Waals surface area contributed by atoms with Crippen molar-refractivity contribution in [2.75, 3.05) is 0 Å². The summed E-state index contributed by atoms with van der Waals surface area (Å²) in [6.07, 6.45) is 5.08. The Morgan fingerprint density at radius 2 is 1.84 bits per heavy atom. The molecule has 2 fully saturated rings. The molecule has 2 aliphatic carbocycles. The van der Waals surface area contributed by atoms with Crippen molar-refractivity contribution >= 4 is 11.6 Å². The number of aromatic nitrogens is 4. The number of alkyl halides is 2. The number of aliphatic hydroxyl groups is 1. The van der Waals surface area contributed by atoms with Gasteiger partial charge in [-0.2, -0.15) is 0 Å². The van der Waals surface area contributed by atoms with Gasteiger partial charge in [-0.25, -0.2) is 18.7 Å². The van der Waals surface area contributed by atoms with Crippen molar-refractivity contribution in [2.45, 2.75) is 77.2 Å². The Hall–Kier alpha value is -2.71. The minimum atomic E-state index is -2.54. The van der Waals surface area contributed by atoms with Gasteiger partial charge in [-0.1, -0.05) is 11.6 Å². The van der Waals surface area contributed by atoms with Crippen molar-refractivity contribution in [1.82, 2.24) is 19.5 Å². The van der Waals surface area contributed by atoms with Gasteiger partial charge < -0.3 is 5.11 Å². The van der Waals surface area contributed by atoms with Gasteiger partial charge >= 0.3 is 0 Å². The molecule has 3 aromatic heterocycles. The third kappa shape index (κ3) is 5.06. The van der Waals surface area contributed by atoms with Gasteiger partial charge in [-0.15, -0.1) is 0 Å². The second-order valence-electron chi connectivity index (χ2n) is 11.1. The average molecular weight is 529 g/mol. The van der Waals surface area contributed by atoms with Crippen LogP contribution in [0.4, 0.5) is 8.78 Å². The fourth-order valence-electron chi connectivity index (χ4n) is 5.58. The molecule has 1 unspecified atom stereocenters. The minimum absolute atomic E-state index is 0.0531. The van der Waals surface area contributed by atoms with Crippen LogP contribution in [0.5, 0.6) is 0 Å². The molecule has 196 valence electrons. The fraction of sp³-hybridized carbons (Fsp3) is 0.500. The Morgan fingerprint density at radius 1 is 1.14 bits per heavy atom. The maximum absolute atomic E-state index is 13.6. The Labute approximate surface area is 219 Å². The van der Waals surface area contributed by atoms with E-state index >= 15 is 0 Å². The molecular weight excluding hydrogens is 498 g/mol. The van der Waals surface area contributed by atoms with Crippen molar-refractivity contribution in [2.24, 2.45) is 11.8 Å². The number of nitrogens with zero attached hydrogens (tertiary/aromatic N) is 4. The van der Waals surface area contributed by atoms with Crippen molar-refractivity contribution in [3.63, 3.8) is 0 Å². The van der Waals surface area contributed by atoms with E-state index in [9.17, 15) is 18.7 Å². The summed E-state index contributed by atoms with van der Waals surface area (Å²) >= 11 is 6.67. The SMILES string of the molecule is Cc1cnc(-c2ccnc(C(C)(C)O)n2)cc1-n1c(C)cc([C@@H]2CC2C2CCC(F)(F)CC2)c(Cl)c1=O. The molecule has 0 radical (unpaired) electrons. The first-order valence-corrected chi connectivity index (χ1v) is 13.1. The van der Waals surface area contributed by atoms with Crippen LogP contribution in [0, 0.1) is 25.7 Å². The molecular formula is C28H31ClF2N4O2.